The largest absolute Gasteiger partial charge is 0.355 e. The van der Waals surface area contributed by atoms with Gasteiger partial charge in [0, 0.05) is 13.2 Å². The van der Waals surface area contributed by atoms with Gasteiger partial charge in [0.1, 0.15) is 10.9 Å². The standard InChI is InChI=1S/C22H21N5O2/c1-13-4-7-15(8-5-13)12-27-19(23)16(21(28)24-3)10-17-20(27)25-18-9-6-14(2)11-26(18)22(17)29/h4-11,23H,12H2,1-3H3,(H,24,28)/p+1. The van der Waals surface area contributed by atoms with Crippen molar-refractivity contribution in [2.45, 2.75) is 20.4 Å². The van der Waals surface area contributed by atoms with E-state index in [-0.39, 0.29) is 22.8 Å². The molecule has 0 unspecified atom stereocenters. The summed E-state index contributed by atoms with van der Waals surface area (Å²) < 4.78 is 3.23. The van der Waals surface area contributed by atoms with Gasteiger partial charge in [-0.25, -0.2) is 4.57 Å². The SMILES string of the molecule is CNC(=O)c1cc2c(=O)n3cc(C)ccc3nc2[n+](Cc2ccc(C)cc2)c1N. The van der Waals surface area contributed by atoms with Crippen LogP contribution in [0.3, 0.4) is 0 Å². The number of anilines is 1. The third-order valence-electron chi connectivity index (χ3n) is 5.03. The summed E-state index contributed by atoms with van der Waals surface area (Å²) in [7, 11) is 1.53. The average molecular weight is 388 g/mol. The normalized spacial score (nSPS) is 11.1. The van der Waals surface area contributed by atoms with Gasteiger partial charge in [0.2, 0.25) is 11.5 Å². The Labute approximate surface area is 167 Å². The number of nitrogen functional groups attached to an aromatic ring is 1. The maximum absolute atomic E-state index is 13.2. The van der Waals surface area contributed by atoms with Crippen molar-refractivity contribution in [3.63, 3.8) is 0 Å². The average Bonchev–Trinajstić information content (AvgIpc) is 2.72. The molecule has 0 aliphatic heterocycles. The summed E-state index contributed by atoms with van der Waals surface area (Å²) in [6.07, 6.45) is 1.74. The second-order valence-corrected chi connectivity index (χ2v) is 7.18. The molecule has 0 spiro atoms. The molecule has 0 bridgehead atoms. The van der Waals surface area contributed by atoms with Crippen LogP contribution in [0.4, 0.5) is 5.82 Å². The molecule has 3 aromatic heterocycles. The second kappa shape index (κ2) is 7.01. The van der Waals surface area contributed by atoms with Crippen LogP contribution < -0.4 is 21.2 Å². The Morgan fingerprint density at radius 1 is 1.14 bits per heavy atom. The van der Waals surface area contributed by atoms with E-state index in [1.54, 1.807) is 16.8 Å². The molecule has 0 aliphatic rings. The van der Waals surface area contributed by atoms with Crippen LogP contribution in [0.15, 0.2) is 53.5 Å². The number of nitrogens with zero attached hydrogens (tertiary/aromatic N) is 3. The molecule has 0 atom stereocenters. The Morgan fingerprint density at radius 3 is 2.52 bits per heavy atom. The Kier molecular flexibility index (Phi) is 4.50. The van der Waals surface area contributed by atoms with Crippen molar-refractivity contribution in [3.8, 4) is 0 Å². The number of aromatic nitrogens is 3. The topological polar surface area (TPSA) is 93.4 Å². The van der Waals surface area contributed by atoms with Crippen LogP contribution in [0, 0.1) is 13.8 Å². The van der Waals surface area contributed by atoms with Gasteiger partial charge in [-0.05, 0) is 37.1 Å². The number of fused-ring (bicyclic) bond motifs is 2. The molecule has 0 aliphatic carbocycles. The van der Waals surface area contributed by atoms with Crippen molar-refractivity contribution in [1.29, 1.82) is 0 Å². The molecule has 7 heteroatoms. The lowest BCUT2D eigenvalue weighted by atomic mass is 10.1. The lowest BCUT2D eigenvalue weighted by Gasteiger charge is -2.12. The van der Waals surface area contributed by atoms with Crippen molar-refractivity contribution in [2.24, 2.45) is 0 Å². The predicted octanol–water partition coefficient (Wildman–Crippen LogP) is 1.74. The van der Waals surface area contributed by atoms with E-state index in [4.69, 9.17) is 10.7 Å². The molecule has 3 heterocycles. The fraction of sp³-hybridized carbons (Fsp3) is 0.182. The number of hydrogen-bond acceptors (Lipinski definition) is 4. The number of hydrogen-bond donors (Lipinski definition) is 2. The van der Waals surface area contributed by atoms with E-state index in [1.165, 1.54) is 17.5 Å². The molecule has 1 amide bonds. The van der Waals surface area contributed by atoms with E-state index in [1.807, 2.05) is 44.2 Å². The summed E-state index contributed by atoms with van der Waals surface area (Å²) >= 11 is 0. The molecule has 0 saturated heterocycles. The van der Waals surface area contributed by atoms with Crippen molar-refractivity contribution in [1.82, 2.24) is 14.7 Å². The Morgan fingerprint density at radius 2 is 1.83 bits per heavy atom. The van der Waals surface area contributed by atoms with Crippen LogP contribution in [0.2, 0.25) is 0 Å². The van der Waals surface area contributed by atoms with Crippen LogP contribution in [0.25, 0.3) is 16.7 Å². The quantitative estimate of drug-likeness (QED) is 0.413. The minimum Gasteiger partial charge on any atom is -0.355 e. The maximum atomic E-state index is 13.2. The van der Waals surface area contributed by atoms with Gasteiger partial charge in [0.05, 0.1) is 6.54 Å². The first-order valence-corrected chi connectivity index (χ1v) is 9.31. The van der Waals surface area contributed by atoms with E-state index < -0.39 is 0 Å². The molecule has 0 saturated carbocycles. The molecular formula is C22H22N5O2+. The summed E-state index contributed by atoms with van der Waals surface area (Å²) in [6, 6.07) is 13.2. The highest BCUT2D eigenvalue weighted by Gasteiger charge is 2.24. The number of nitrogens with two attached hydrogens (primary N) is 1. The minimum atomic E-state index is -0.351. The minimum absolute atomic E-state index is 0.239. The first-order valence-electron chi connectivity index (χ1n) is 9.31. The summed E-state index contributed by atoms with van der Waals surface area (Å²) in [6.45, 7) is 4.32. The zero-order valence-electron chi connectivity index (χ0n) is 16.6. The lowest BCUT2D eigenvalue weighted by molar-refractivity contribution is -0.649. The summed E-state index contributed by atoms with van der Waals surface area (Å²) in [4.78, 5) is 30.3. The fourth-order valence-corrected chi connectivity index (χ4v) is 3.41. The molecule has 4 rings (SSSR count). The number of carbonyl (C=O) groups is 1. The third kappa shape index (κ3) is 3.20. The van der Waals surface area contributed by atoms with Crippen LogP contribution in [-0.2, 0) is 6.54 Å². The van der Waals surface area contributed by atoms with Crippen molar-refractivity contribution >= 4 is 28.4 Å². The van der Waals surface area contributed by atoms with Gasteiger partial charge in [0.25, 0.3) is 17.1 Å². The highest BCUT2D eigenvalue weighted by molar-refractivity contribution is 6.00. The summed E-state index contributed by atoms with van der Waals surface area (Å²) in [5, 5.41) is 2.93. The van der Waals surface area contributed by atoms with E-state index >= 15 is 0 Å². The first kappa shape index (κ1) is 18.6. The molecule has 0 fully saturated rings. The van der Waals surface area contributed by atoms with Gasteiger partial charge in [-0.15, -0.1) is 0 Å². The number of benzene rings is 1. The fourth-order valence-electron chi connectivity index (χ4n) is 3.41. The highest BCUT2D eigenvalue weighted by Crippen LogP contribution is 2.16. The molecule has 4 aromatic rings. The lowest BCUT2D eigenvalue weighted by Crippen LogP contribution is -2.43. The van der Waals surface area contributed by atoms with Crippen LogP contribution in [-0.4, -0.2) is 22.3 Å². The molecular weight excluding hydrogens is 366 g/mol. The Bertz CT molecular complexity index is 1320. The Balaban J connectivity index is 2.07. The number of amides is 1. The van der Waals surface area contributed by atoms with Gasteiger partial charge in [-0.3, -0.25) is 14.0 Å². The third-order valence-corrected chi connectivity index (χ3v) is 5.03. The molecule has 146 valence electrons. The first-order chi connectivity index (χ1) is 13.9. The number of nitrogens with one attached hydrogen (secondary N) is 1. The van der Waals surface area contributed by atoms with Crippen LogP contribution >= 0.6 is 0 Å². The zero-order valence-corrected chi connectivity index (χ0v) is 16.6. The van der Waals surface area contributed by atoms with Crippen molar-refractivity contribution in [3.05, 3.63) is 81.3 Å². The van der Waals surface area contributed by atoms with Crippen LogP contribution in [0.1, 0.15) is 27.0 Å². The smallest absolute Gasteiger partial charge is 0.278 e. The van der Waals surface area contributed by atoms with Gasteiger partial charge >= 0.3 is 0 Å². The van der Waals surface area contributed by atoms with Gasteiger partial charge in [-0.1, -0.05) is 40.9 Å². The number of rotatable bonds is 3. The van der Waals surface area contributed by atoms with E-state index in [0.717, 1.165) is 16.7 Å². The monoisotopic (exact) mass is 388 g/mol. The molecule has 1 aromatic carbocycles. The van der Waals surface area contributed by atoms with Crippen molar-refractivity contribution in [2.75, 3.05) is 12.8 Å². The van der Waals surface area contributed by atoms with Gasteiger partial charge < -0.3 is 11.1 Å². The van der Waals surface area contributed by atoms with E-state index in [0.29, 0.717) is 23.2 Å². The number of carbonyl (C=O) groups excluding carboxylic acids is 1. The highest BCUT2D eigenvalue weighted by atomic mass is 16.1. The van der Waals surface area contributed by atoms with E-state index in [2.05, 4.69) is 5.32 Å². The number of aryl methyl sites for hydroxylation is 2. The van der Waals surface area contributed by atoms with Crippen LogP contribution in [0.5, 0.6) is 0 Å². The van der Waals surface area contributed by atoms with E-state index in [9.17, 15) is 9.59 Å². The zero-order chi connectivity index (χ0) is 20.7. The molecule has 7 nitrogen and oxygen atoms in total. The Hall–Kier alpha value is -3.74. The summed E-state index contributed by atoms with van der Waals surface area (Å²) in [5.41, 5.74) is 10.4. The maximum Gasteiger partial charge on any atom is 0.278 e. The van der Waals surface area contributed by atoms with Gasteiger partial charge in [-0.2, -0.15) is 0 Å². The van der Waals surface area contributed by atoms with Gasteiger partial charge in [0.15, 0.2) is 0 Å². The molecule has 0 radical (unpaired) electrons. The molecule has 3 N–H and O–H groups in total. The van der Waals surface area contributed by atoms with Crippen molar-refractivity contribution < 1.29 is 9.36 Å². The second-order valence-electron chi connectivity index (χ2n) is 7.18. The predicted molar refractivity (Wildman–Crippen MR) is 112 cm³/mol. The summed E-state index contributed by atoms with van der Waals surface area (Å²) in [5.74, 6) is -0.0865. The molecule has 29 heavy (non-hydrogen) atoms. The number of pyridine rings is 2.